The Morgan fingerprint density at radius 1 is 1.06 bits per heavy atom. The normalized spacial score (nSPS) is 17.7. The van der Waals surface area contributed by atoms with Crippen LogP contribution in [-0.4, -0.2) is 58.9 Å². The summed E-state index contributed by atoms with van der Waals surface area (Å²) in [6.45, 7) is 11.4. The van der Waals surface area contributed by atoms with Gasteiger partial charge in [0.05, 0.1) is 35.0 Å². The lowest BCUT2D eigenvalue weighted by Crippen LogP contribution is -2.42. The summed E-state index contributed by atoms with van der Waals surface area (Å²) in [5.41, 5.74) is 0.377. The lowest BCUT2D eigenvalue weighted by atomic mass is 9.79. The van der Waals surface area contributed by atoms with E-state index in [1.165, 1.54) is 6.07 Å². The van der Waals surface area contributed by atoms with Crippen molar-refractivity contribution in [2.75, 3.05) is 31.4 Å². The van der Waals surface area contributed by atoms with Crippen LogP contribution in [0.3, 0.4) is 0 Å². The number of rotatable bonds is 9. The number of anilines is 1. The zero-order valence-electron chi connectivity index (χ0n) is 19.7. The van der Waals surface area contributed by atoms with Gasteiger partial charge in [0.25, 0.3) is 10.0 Å². The van der Waals surface area contributed by atoms with Gasteiger partial charge in [-0.05, 0) is 47.6 Å². The van der Waals surface area contributed by atoms with Gasteiger partial charge in [0.2, 0.25) is 5.88 Å². The second kappa shape index (κ2) is 9.15. The lowest BCUT2D eigenvalue weighted by Gasteiger charge is -2.32. The largest absolute Gasteiger partial charge is 0.496 e. The summed E-state index contributed by atoms with van der Waals surface area (Å²) in [6.07, 6.45) is 0. The molecule has 2 heterocycles. The van der Waals surface area contributed by atoms with Crippen LogP contribution in [0.15, 0.2) is 33.7 Å². The number of aromatic nitrogens is 1. The molecule has 11 heteroatoms. The monoisotopic (exact) mass is 466 g/mol. The molecule has 32 heavy (non-hydrogen) atoms. The predicted molar refractivity (Wildman–Crippen MR) is 120 cm³/mol. The van der Waals surface area contributed by atoms with E-state index in [0.717, 1.165) is 4.31 Å². The first kappa shape index (κ1) is 24.7. The maximum Gasteiger partial charge on any atom is 0.496 e. The topological polar surface area (TPSA) is 100 Å². The second-order valence-electron chi connectivity index (χ2n) is 8.71. The second-order valence-corrected chi connectivity index (χ2v) is 10.5. The number of benzene rings is 1. The first-order valence-corrected chi connectivity index (χ1v) is 11.8. The quantitative estimate of drug-likeness (QED) is 0.316. The fourth-order valence-electron chi connectivity index (χ4n) is 3.16. The van der Waals surface area contributed by atoms with Crippen LogP contribution >= 0.6 is 0 Å². The molecule has 0 radical (unpaired) electrons. The number of hydrogen-bond donors (Lipinski definition) is 0. The van der Waals surface area contributed by atoms with Crippen molar-refractivity contribution in [1.29, 1.82) is 0 Å². The Hall–Kier alpha value is -1.92. The predicted octanol–water partition coefficient (Wildman–Crippen LogP) is 2.41. The van der Waals surface area contributed by atoms with Crippen molar-refractivity contribution in [3.8, 4) is 0 Å². The van der Waals surface area contributed by atoms with Crippen LogP contribution in [0, 0.1) is 13.8 Å². The maximum atomic E-state index is 13.9. The van der Waals surface area contributed by atoms with Crippen LogP contribution < -0.4 is 9.77 Å². The Balaban J connectivity index is 2.03. The van der Waals surface area contributed by atoms with Gasteiger partial charge < -0.3 is 23.3 Å². The molecule has 176 valence electrons. The molecule has 1 aromatic carbocycles. The lowest BCUT2D eigenvalue weighted by molar-refractivity contribution is 0.00578. The Morgan fingerprint density at radius 3 is 2.25 bits per heavy atom. The number of sulfonamides is 1. The maximum absolute atomic E-state index is 13.9. The highest BCUT2D eigenvalue weighted by molar-refractivity contribution is 7.93. The van der Waals surface area contributed by atoms with E-state index in [2.05, 4.69) is 5.16 Å². The molecule has 0 amide bonds. The Bertz CT molecular complexity index is 1040. The molecule has 0 bridgehead atoms. The van der Waals surface area contributed by atoms with Crippen molar-refractivity contribution in [2.45, 2.75) is 57.6 Å². The first-order valence-electron chi connectivity index (χ1n) is 10.4. The van der Waals surface area contributed by atoms with Gasteiger partial charge in [0.1, 0.15) is 6.73 Å². The molecule has 0 spiro atoms. The molecule has 0 aliphatic carbocycles. The van der Waals surface area contributed by atoms with E-state index in [4.69, 9.17) is 23.3 Å². The third kappa shape index (κ3) is 4.58. The van der Waals surface area contributed by atoms with Gasteiger partial charge in [-0.25, -0.2) is 12.7 Å². The molecule has 1 aliphatic heterocycles. The smallest absolute Gasteiger partial charge is 0.399 e. The summed E-state index contributed by atoms with van der Waals surface area (Å²) in [5, 5.41) is 3.92. The minimum Gasteiger partial charge on any atom is -0.399 e. The Labute approximate surface area is 190 Å². The average molecular weight is 466 g/mol. The number of methoxy groups -OCH3 is 1. The zero-order valence-corrected chi connectivity index (χ0v) is 20.5. The molecule has 1 aromatic heterocycles. The highest BCUT2D eigenvalue weighted by atomic mass is 32.2. The van der Waals surface area contributed by atoms with E-state index in [-0.39, 0.29) is 24.1 Å². The van der Waals surface area contributed by atoms with Crippen LogP contribution in [0.5, 0.6) is 0 Å². The molecule has 1 saturated heterocycles. The van der Waals surface area contributed by atoms with Crippen molar-refractivity contribution in [1.82, 2.24) is 5.16 Å². The third-order valence-corrected chi connectivity index (χ3v) is 7.77. The van der Waals surface area contributed by atoms with Gasteiger partial charge in [0.15, 0.2) is 0 Å². The van der Waals surface area contributed by atoms with E-state index in [1.807, 2.05) is 27.7 Å². The van der Waals surface area contributed by atoms with Gasteiger partial charge in [-0.2, -0.15) is 0 Å². The Kier molecular flexibility index (Phi) is 7.07. The number of hydrogen-bond acceptors (Lipinski definition) is 8. The summed E-state index contributed by atoms with van der Waals surface area (Å²) in [5.74, 6) is 0.101. The molecule has 0 saturated carbocycles. The summed E-state index contributed by atoms with van der Waals surface area (Å²) >= 11 is 0. The Morgan fingerprint density at radius 2 is 1.69 bits per heavy atom. The van der Waals surface area contributed by atoms with Gasteiger partial charge in [-0.15, -0.1) is 0 Å². The van der Waals surface area contributed by atoms with Gasteiger partial charge >= 0.3 is 7.12 Å². The number of aryl methyl sites for hydroxylation is 1. The zero-order chi connectivity index (χ0) is 23.7. The number of nitrogens with zero attached hydrogens (tertiary/aromatic N) is 2. The minimum atomic E-state index is -4.12. The molecule has 3 rings (SSSR count). The fraction of sp³-hybridized carbons (Fsp3) is 0.571. The van der Waals surface area contributed by atoms with E-state index in [9.17, 15) is 8.42 Å². The van der Waals surface area contributed by atoms with Crippen molar-refractivity contribution in [2.24, 2.45) is 0 Å². The molecule has 0 atom stereocenters. The van der Waals surface area contributed by atoms with Crippen LogP contribution in [-0.2, 0) is 28.8 Å². The average Bonchev–Trinajstić information content (AvgIpc) is 3.16. The number of ether oxygens (including phenoxy) is 2. The van der Waals surface area contributed by atoms with Crippen LogP contribution in [0.25, 0.3) is 0 Å². The van der Waals surface area contributed by atoms with Gasteiger partial charge in [0, 0.05) is 18.1 Å². The minimum absolute atomic E-state index is 0.0438. The third-order valence-electron chi connectivity index (χ3n) is 5.99. The van der Waals surface area contributed by atoms with Crippen molar-refractivity contribution >= 4 is 28.5 Å². The highest BCUT2D eigenvalue weighted by Crippen LogP contribution is 2.37. The van der Waals surface area contributed by atoms with Crippen LogP contribution in [0.1, 0.15) is 39.0 Å². The van der Waals surface area contributed by atoms with Crippen LogP contribution in [0.4, 0.5) is 5.88 Å². The first-order chi connectivity index (χ1) is 14.9. The standard InChI is InChI=1S/C21H31BN2O7S/c1-15-16(2)23-29-19(15)24(14-28-13-12-27-7)32(25,26)18-11-9-8-10-17(18)22-30-20(3,4)21(5,6)31-22/h8-11H,12-14H2,1-7H3. The molecular formula is C21H31BN2O7S. The van der Waals surface area contributed by atoms with Crippen molar-refractivity contribution in [3.63, 3.8) is 0 Å². The van der Waals surface area contributed by atoms with Crippen LogP contribution in [0.2, 0.25) is 0 Å². The molecule has 1 aliphatic rings. The molecule has 1 fully saturated rings. The van der Waals surface area contributed by atoms with E-state index >= 15 is 0 Å². The van der Waals surface area contributed by atoms with E-state index in [0.29, 0.717) is 23.3 Å². The molecule has 2 aromatic rings. The molecule has 0 unspecified atom stereocenters. The summed E-state index contributed by atoms with van der Waals surface area (Å²) in [6, 6.07) is 6.63. The van der Waals surface area contributed by atoms with E-state index < -0.39 is 28.3 Å². The summed E-state index contributed by atoms with van der Waals surface area (Å²) in [4.78, 5) is 0.0438. The van der Waals surface area contributed by atoms with E-state index in [1.54, 1.807) is 39.2 Å². The van der Waals surface area contributed by atoms with Gasteiger partial charge in [-0.1, -0.05) is 23.4 Å². The molecule has 9 nitrogen and oxygen atoms in total. The fourth-order valence-corrected chi connectivity index (χ4v) is 4.71. The highest BCUT2D eigenvalue weighted by Gasteiger charge is 2.53. The molecule has 0 N–H and O–H groups in total. The summed E-state index contributed by atoms with van der Waals surface area (Å²) in [7, 11) is -3.42. The van der Waals surface area contributed by atoms with Crippen molar-refractivity contribution < 1.29 is 31.7 Å². The molecular weight excluding hydrogens is 435 g/mol. The van der Waals surface area contributed by atoms with Crippen molar-refractivity contribution in [3.05, 3.63) is 35.5 Å². The summed E-state index contributed by atoms with van der Waals surface area (Å²) < 4.78 is 57.0. The van der Waals surface area contributed by atoms with Gasteiger partial charge in [-0.3, -0.25) is 0 Å². The SMILES string of the molecule is COCCOCN(c1onc(C)c1C)S(=O)(=O)c1ccccc1B1OC(C)(C)C(C)(C)O1.